The number of allylic oxidation sites excluding steroid dienone is 1. The Morgan fingerprint density at radius 3 is 2.96 bits per heavy atom. The van der Waals surface area contributed by atoms with E-state index < -0.39 is 5.82 Å². The number of furan rings is 1. The number of hydrogen-bond donors (Lipinski definition) is 1. The third-order valence-corrected chi connectivity index (χ3v) is 4.89. The van der Waals surface area contributed by atoms with E-state index in [1.807, 2.05) is 0 Å². The molecular formula is C22H17FN4O. The highest BCUT2D eigenvalue weighted by molar-refractivity contribution is 5.85. The fourth-order valence-electron chi connectivity index (χ4n) is 3.55. The van der Waals surface area contributed by atoms with Gasteiger partial charge in [0.05, 0.1) is 12.5 Å². The van der Waals surface area contributed by atoms with Gasteiger partial charge in [-0.15, -0.1) is 0 Å². The van der Waals surface area contributed by atoms with Crippen LogP contribution in [0.25, 0.3) is 28.1 Å². The maximum Gasteiger partial charge on any atom is 0.194 e. The molecular weight excluding hydrogens is 355 g/mol. The highest BCUT2D eigenvalue weighted by atomic mass is 19.1. The highest BCUT2D eigenvalue weighted by Gasteiger charge is 2.15. The molecule has 0 amide bonds. The van der Waals surface area contributed by atoms with Crippen molar-refractivity contribution in [3.8, 4) is 11.4 Å². The van der Waals surface area contributed by atoms with E-state index in [0.717, 1.165) is 19.0 Å². The van der Waals surface area contributed by atoms with Crippen LogP contribution in [0.4, 0.5) is 10.2 Å². The number of aromatic nitrogens is 3. The summed E-state index contributed by atoms with van der Waals surface area (Å²) in [7, 11) is 0. The van der Waals surface area contributed by atoms with Gasteiger partial charge in [0.15, 0.2) is 17.2 Å². The molecule has 1 aromatic carbocycles. The Kier molecular flexibility index (Phi) is 4.09. The zero-order valence-corrected chi connectivity index (χ0v) is 15.0. The average molecular weight is 372 g/mol. The van der Waals surface area contributed by atoms with Crippen LogP contribution in [0.3, 0.4) is 0 Å². The molecule has 138 valence electrons. The first-order valence-corrected chi connectivity index (χ1v) is 9.15. The zero-order chi connectivity index (χ0) is 18.9. The lowest BCUT2D eigenvalue weighted by Crippen LogP contribution is -2.06. The summed E-state index contributed by atoms with van der Waals surface area (Å²) in [4.78, 5) is 12.9. The van der Waals surface area contributed by atoms with Gasteiger partial charge in [-0.2, -0.15) is 0 Å². The van der Waals surface area contributed by atoms with Gasteiger partial charge in [-0.25, -0.2) is 14.4 Å². The van der Waals surface area contributed by atoms with Crippen molar-refractivity contribution in [3.05, 3.63) is 78.1 Å². The second-order valence-corrected chi connectivity index (χ2v) is 6.69. The first-order valence-electron chi connectivity index (χ1n) is 9.15. The van der Waals surface area contributed by atoms with Gasteiger partial charge in [0.25, 0.3) is 0 Å². The minimum absolute atomic E-state index is 0.411. The predicted molar refractivity (Wildman–Crippen MR) is 106 cm³/mol. The topological polar surface area (TPSA) is 63.8 Å². The first kappa shape index (κ1) is 16.6. The zero-order valence-electron chi connectivity index (χ0n) is 15.0. The Labute approximate surface area is 161 Å². The summed E-state index contributed by atoms with van der Waals surface area (Å²) in [5.74, 6) is 0.588. The number of rotatable bonds is 5. The van der Waals surface area contributed by atoms with Gasteiger partial charge in [0.2, 0.25) is 0 Å². The molecule has 0 fully saturated rings. The molecule has 4 aromatic rings. The number of benzene rings is 1. The molecule has 0 saturated heterocycles. The lowest BCUT2D eigenvalue weighted by Gasteiger charge is -2.10. The van der Waals surface area contributed by atoms with Crippen molar-refractivity contribution in [1.82, 2.24) is 15.0 Å². The van der Waals surface area contributed by atoms with E-state index in [2.05, 4.69) is 50.6 Å². The molecule has 1 aliphatic rings. The quantitative estimate of drug-likeness (QED) is 0.542. The van der Waals surface area contributed by atoms with E-state index in [0.29, 0.717) is 34.9 Å². The third kappa shape index (κ3) is 3.03. The molecule has 1 aliphatic carbocycles. The molecule has 0 radical (unpaired) electrons. The smallest absolute Gasteiger partial charge is 0.194 e. The lowest BCUT2D eigenvalue weighted by atomic mass is 10.0. The number of nitrogens with zero attached hydrogens (tertiary/aromatic N) is 3. The Morgan fingerprint density at radius 1 is 1.11 bits per heavy atom. The van der Waals surface area contributed by atoms with Crippen LogP contribution in [-0.4, -0.2) is 21.5 Å². The minimum Gasteiger partial charge on any atom is -0.459 e. The van der Waals surface area contributed by atoms with E-state index in [1.165, 1.54) is 22.8 Å². The number of pyridine rings is 1. The predicted octanol–water partition coefficient (Wildman–Crippen LogP) is 4.87. The molecule has 0 saturated carbocycles. The van der Waals surface area contributed by atoms with Crippen molar-refractivity contribution in [3.63, 3.8) is 0 Å². The SMILES string of the molecule is Fc1cncc(-c2nc(NCCC3=CCc4ccccc43)c3occc3n2)c1. The normalized spacial score (nSPS) is 12.8. The average Bonchev–Trinajstić information content (AvgIpc) is 3.35. The van der Waals surface area contributed by atoms with E-state index in [9.17, 15) is 4.39 Å². The lowest BCUT2D eigenvalue weighted by molar-refractivity contribution is 0.614. The van der Waals surface area contributed by atoms with Gasteiger partial charge in [-0.05, 0) is 35.6 Å². The van der Waals surface area contributed by atoms with Crippen molar-refractivity contribution >= 4 is 22.5 Å². The Morgan fingerprint density at radius 2 is 2.04 bits per heavy atom. The van der Waals surface area contributed by atoms with Crippen LogP contribution >= 0.6 is 0 Å². The summed E-state index contributed by atoms with van der Waals surface area (Å²) in [6, 6.07) is 11.6. The molecule has 1 N–H and O–H groups in total. The van der Waals surface area contributed by atoms with Crippen molar-refractivity contribution in [1.29, 1.82) is 0 Å². The van der Waals surface area contributed by atoms with Gasteiger partial charge in [-0.1, -0.05) is 30.3 Å². The minimum atomic E-state index is -0.422. The number of hydrogen-bond acceptors (Lipinski definition) is 5. The summed E-state index contributed by atoms with van der Waals surface area (Å²) in [5, 5.41) is 3.36. The second kappa shape index (κ2) is 6.88. The Balaban J connectivity index is 1.39. The molecule has 3 heterocycles. The summed E-state index contributed by atoms with van der Waals surface area (Å²) >= 11 is 0. The van der Waals surface area contributed by atoms with Crippen molar-refractivity contribution in [2.24, 2.45) is 0 Å². The third-order valence-electron chi connectivity index (χ3n) is 4.89. The van der Waals surface area contributed by atoms with Crippen LogP contribution in [0.2, 0.25) is 0 Å². The van der Waals surface area contributed by atoms with Crippen LogP contribution < -0.4 is 5.32 Å². The number of nitrogens with one attached hydrogen (secondary N) is 1. The molecule has 3 aromatic heterocycles. The molecule has 5 rings (SSSR count). The standard InChI is InChI=1S/C22H17FN4O/c23-17-11-16(12-24-13-17)21-26-19-8-10-28-20(19)22(27-21)25-9-7-15-6-5-14-3-1-2-4-18(14)15/h1-4,6,8,10-13H,5,7,9H2,(H,25,26,27). The van der Waals surface area contributed by atoms with E-state index in [4.69, 9.17) is 4.42 Å². The van der Waals surface area contributed by atoms with Gasteiger partial charge in [0.1, 0.15) is 11.3 Å². The van der Waals surface area contributed by atoms with Gasteiger partial charge in [-0.3, -0.25) is 4.98 Å². The molecule has 0 atom stereocenters. The maximum absolute atomic E-state index is 13.5. The molecule has 0 unspecified atom stereocenters. The van der Waals surface area contributed by atoms with Crippen LogP contribution in [0.5, 0.6) is 0 Å². The van der Waals surface area contributed by atoms with Crippen molar-refractivity contribution in [2.45, 2.75) is 12.8 Å². The molecule has 0 spiro atoms. The molecule has 5 nitrogen and oxygen atoms in total. The van der Waals surface area contributed by atoms with E-state index in [-0.39, 0.29) is 0 Å². The molecule has 0 aliphatic heterocycles. The van der Waals surface area contributed by atoms with Crippen LogP contribution in [-0.2, 0) is 6.42 Å². The summed E-state index contributed by atoms with van der Waals surface area (Å²) in [6.45, 7) is 0.702. The Bertz CT molecular complexity index is 1200. The molecule has 6 heteroatoms. The summed E-state index contributed by atoms with van der Waals surface area (Å²) < 4.78 is 19.1. The summed E-state index contributed by atoms with van der Waals surface area (Å²) in [5.41, 5.74) is 5.81. The fourth-order valence-corrected chi connectivity index (χ4v) is 3.55. The van der Waals surface area contributed by atoms with Crippen LogP contribution in [0, 0.1) is 5.82 Å². The van der Waals surface area contributed by atoms with Crippen LogP contribution in [0.15, 0.2) is 65.5 Å². The van der Waals surface area contributed by atoms with E-state index in [1.54, 1.807) is 18.5 Å². The largest absolute Gasteiger partial charge is 0.459 e. The van der Waals surface area contributed by atoms with Crippen molar-refractivity contribution < 1.29 is 8.81 Å². The fraction of sp³-hybridized carbons (Fsp3) is 0.136. The Hall–Kier alpha value is -3.54. The number of halogens is 1. The van der Waals surface area contributed by atoms with Gasteiger partial charge in [0, 0.05) is 24.4 Å². The number of fused-ring (bicyclic) bond motifs is 2. The first-order chi connectivity index (χ1) is 13.8. The van der Waals surface area contributed by atoms with Gasteiger partial charge >= 0.3 is 0 Å². The maximum atomic E-state index is 13.5. The highest BCUT2D eigenvalue weighted by Crippen LogP contribution is 2.30. The van der Waals surface area contributed by atoms with Crippen molar-refractivity contribution in [2.75, 3.05) is 11.9 Å². The number of anilines is 1. The van der Waals surface area contributed by atoms with Crippen LogP contribution in [0.1, 0.15) is 17.5 Å². The second-order valence-electron chi connectivity index (χ2n) is 6.69. The molecule has 28 heavy (non-hydrogen) atoms. The summed E-state index contributed by atoms with van der Waals surface area (Å²) in [6.07, 6.45) is 8.42. The van der Waals surface area contributed by atoms with Gasteiger partial charge < -0.3 is 9.73 Å². The monoisotopic (exact) mass is 372 g/mol. The van der Waals surface area contributed by atoms with E-state index >= 15 is 0 Å². The molecule has 0 bridgehead atoms.